The molecule has 2 saturated carbocycles. The molecule has 0 atom stereocenters. The highest BCUT2D eigenvalue weighted by Crippen LogP contribution is 2.46. The molecule has 0 amide bonds. The molecule has 3 rings (SSSR count). The molecule has 1 aromatic heterocycles. The summed E-state index contributed by atoms with van der Waals surface area (Å²) in [7, 11) is 0. The summed E-state index contributed by atoms with van der Waals surface area (Å²) >= 11 is 0. The lowest BCUT2D eigenvalue weighted by Gasteiger charge is -2.17. The Balaban J connectivity index is 1.84. The number of H-pyrrole nitrogens is 1. The summed E-state index contributed by atoms with van der Waals surface area (Å²) in [6.45, 7) is 0. The lowest BCUT2D eigenvalue weighted by Crippen LogP contribution is -2.20. The Morgan fingerprint density at radius 2 is 1.88 bits per heavy atom. The van der Waals surface area contributed by atoms with Crippen molar-refractivity contribution in [1.29, 1.82) is 0 Å². The van der Waals surface area contributed by atoms with E-state index in [0.29, 0.717) is 5.92 Å². The maximum atomic E-state index is 6.30. The second-order valence-electron chi connectivity index (χ2n) is 5.54. The fraction of sp³-hybridized carbons (Fsp3) is 0.769. The minimum absolute atomic E-state index is 0.0331. The maximum Gasteiger partial charge on any atom is 0.0540 e. The van der Waals surface area contributed by atoms with Gasteiger partial charge in [-0.25, -0.2) is 0 Å². The predicted octanol–water partition coefficient (Wildman–Crippen LogP) is 2.80. The van der Waals surface area contributed by atoms with Crippen LogP contribution >= 0.6 is 0 Å². The second kappa shape index (κ2) is 3.88. The van der Waals surface area contributed by atoms with Crippen molar-refractivity contribution < 1.29 is 0 Å². The third-order valence-electron chi connectivity index (χ3n) is 4.26. The average molecular weight is 219 g/mol. The number of aromatic nitrogens is 2. The normalized spacial score (nSPS) is 25.3. The van der Waals surface area contributed by atoms with Crippen molar-refractivity contribution in [3.05, 3.63) is 17.5 Å². The fourth-order valence-corrected chi connectivity index (χ4v) is 2.98. The van der Waals surface area contributed by atoms with E-state index in [1.54, 1.807) is 0 Å². The van der Waals surface area contributed by atoms with Crippen LogP contribution in [0.1, 0.15) is 68.5 Å². The molecule has 3 heteroatoms. The van der Waals surface area contributed by atoms with Gasteiger partial charge in [-0.1, -0.05) is 25.7 Å². The molecule has 2 aliphatic carbocycles. The highest BCUT2D eigenvalue weighted by atomic mass is 15.1. The molecule has 2 fully saturated rings. The van der Waals surface area contributed by atoms with Crippen LogP contribution in [0, 0.1) is 0 Å². The van der Waals surface area contributed by atoms with E-state index in [1.165, 1.54) is 49.8 Å². The topological polar surface area (TPSA) is 54.7 Å². The Bertz CT molecular complexity index is 357. The SMILES string of the molecule is NC1(c2cn[nH]c2C2CCCCCC2)CC1. The van der Waals surface area contributed by atoms with E-state index in [0.717, 1.165) is 12.8 Å². The van der Waals surface area contributed by atoms with Crippen LogP contribution < -0.4 is 5.73 Å². The molecule has 2 aliphatic rings. The van der Waals surface area contributed by atoms with Gasteiger partial charge in [0.05, 0.1) is 6.20 Å². The van der Waals surface area contributed by atoms with Gasteiger partial charge in [-0.05, 0) is 25.7 Å². The number of nitrogens with zero attached hydrogens (tertiary/aromatic N) is 1. The number of hydrogen-bond acceptors (Lipinski definition) is 2. The zero-order valence-corrected chi connectivity index (χ0v) is 9.84. The molecular formula is C13H21N3. The van der Waals surface area contributed by atoms with Crippen LogP contribution in [0.2, 0.25) is 0 Å². The molecule has 3 N–H and O–H groups in total. The van der Waals surface area contributed by atoms with Gasteiger partial charge in [-0.2, -0.15) is 5.10 Å². The zero-order valence-electron chi connectivity index (χ0n) is 9.84. The standard InChI is InChI=1S/C13H21N3/c14-13(7-8-13)11-9-15-16-12(11)10-5-3-1-2-4-6-10/h9-10H,1-8,14H2,(H,15,16). The van der Waals surface area contributed by atoms with Gasteiger partial charge in [-0.15, -0.1) is 0 Å². The van der Waals surface area contributed by atoms with Crippen LogP contribution in [-0.2, 0) is 5.54 Å². The Kier molecular flexibility index (Phi) is 2.51. The fourth-order valence-electron chi connectivity index (χ4n) is 2.98. The highest BCUT2D eigenvalue weighted by Gasteiger charge is 2.43. The molecule has 0 saturated heterocycles. The Morgan fingerprint density at radius 1 is 1.19 bits per heavy atom. The summed E-state index contributed by atoms with van der Waals surface area (Å²) in [5.74, 6) is 0.682. The molecule has 3 nitrogen and oxygen atoms in total. The second-order valence-corrected chi connectivity index (χ2v) is 5.54. The first kappa shape index (κ1) is 10.3. The Labute approximate surface area is 96.8 Å². The summed E-state index contributed by atoms with van der Waals surface area (Å²) in [4.78, 5) is 0. The molecular weight excluding hydrogens is 198 g/mol. The number of hydrogen-bond donors (Lipinski definition) is 2. The van der Waals surface area contributed by atoms with Crippen molar-refractivity contribution >= 4 is 0 Å². The van der Waals surface area contributed by atoms with E-state index >= 15 is 0 Å². The lowest BCUT2D eigenvalue weighted by molar-refractivity contribution is 0.562. The lowest BCUT2D eigenvalue weighted by atomic mass is 9.91. The number of aromatic amines is 1. The van der Waals surface area contributed by atoms with Crippen molar-refractivity contribution in [3.63, 3.8) is 0 Å². The first-order valence-corrected chi connectivity index (χ1v) is 6.62. The average Bonchev–Trinajstić information content (AvgIpc) is 2.93. The molecule has 0 aromatic carbocycles. The first-order chi connectivity index (χ1) is 7.80. The third-order valence-corrected chi connectivity index (χ3v) is 4.26. The van der Waals surface area contributed by atoms with Gasteiger partial charge in [-0.3, -0.25) is 5.10 Å². The maximum absolute atomic E-state index is 6.30. The van der Waals surface area contributed by atoms with Gasteiger partial charge in [0.1, 0.15) is 0 Å². The zero-order chi connectivity index (χ0) is 11.0. The molecule has 88 valence electrons. The summed E-state index contributed by atoms with van der Waals surface area (Å²) < 4.78 is 0. The van der Waals surface area contributed by atoms with Gasteiger partial charge in [0.15, 0.2) is 0 Å². The molecule has 16 heavy (non-hydrogen) atoms. The molecule has 0 unspecified atom stereocenters. The molecule has 0 aliphatic heterocycles. The van der Waals surface area contributed by atoms with Crippen molar-refractivity contribution in [1.82, 2.24) is 10.2 Å². The predicted molar refractivity (Wildman–Crippen MR) is 64.1 cm³/mol. The van der Waals surface area contributed by atoms with Crippen LogP contribution in [0.25, 0.3) is 0 Å². The number of nitrogens with two attached hydrogens (primary N) is 1. The van der Waals surface area contributed by atoms with Gasteiger partial charge in [0.2, 0.25) is 0 Å². The van der Waals surface area contributed by atoms with E-state index in [-0.39, 0.29) is 5.54 Å². The highest BCUT2D eigenvalue weighted by molar-refractivity contribution is 5.33. The first-order valence-electron chi connectivity index (χ1n) is 6.62. The van der Waals surface area contributed by atoms with Crippen LogP contribution in [0.5, 0.6) is 0 Å². The number of rotatable bonds is 2. The quantitative estimate of drug-likeness (QED) is 0.751. The molecule has 1 heterocycles. The van der Waals surface area contributed by atoms with E-state index in [9.17, 15) is 0 Å². The Morgan fingerprint density at radius 3 is 2.50 bits per heavy atom. The van der Waals surface area contributed by atoms with E-state index in [1.807, 2.05) is 6.20 Å². The van der Waals surface area contributed by atoms with Crippen LogP contribution in [0.3, 0.4) is 0 Å². The van der Waals surface area contributed by atoms with Gasteiger partial charge >= 0.3 is 0 Å². The number of nitrogens with one attached hydrogen (secondary N) is 1. The van der Waals surface area contributed by atoms with Gasteiger partial charge < -0.3 is 5.73 Å². The van der Waals surface area contributed by atoms with Gasteiger partial charge in [0, 0.05) is 22.7 Å². The van der Waals surface area contributed by atoms with E-state index in [2.05, 4.69) is 10.2 Å². The van der Waals surface area contributed by atoms with Crippen molar-refractivity contribution in [2.45, 2.75) is 62.8 Å². The van der Waals surface area contributed by atoms with Crippen LogP contribution in [0.15, 0.2) is 6.20 Å². The molecule has 0 bridgehead atoms. The van der Waals surface area contributed by atoms with Crippen molar-refractivity contribution in [2.75, 3.05) is 0 Å². The Hall–Kier alpha value is -0.830. The molecule has 0 radical (unpaired) electrons. The molecule has 1 aromatic rings. The summed E-state index contributed by atoms with van der Waals surface area (Å²) in [6.07, 6.45) is 12.4. The van der Waals surface area contributed by atoms with Crippen molar-refractivity contribution in [2.24, 2.45) is 5.73 Å². The summed E-state index contributed by atoms with van der Waals surface area (Å²) in [5, 5.41) is 7.45. The van der Waals surface area contributed by atoms with E-state index in [4.69, 9.17) is 5.73 Å². The minimum atomic E-state index is -0.0331. The smallest absolute Gasteiger partial charge is 0.0540 e. The third kappa shape index (κ3) is 1.77. The van der Waals surface area contributed by atoms with Crippen LogP contribution in [-0.4, -0.2) is 10.2 Å². The monoisotopic (exact) mass is 219 g/mol. The van der Waals surface area contributed by atoms with Gasteiger partial charge in [0.25, 0.3) is 0 Å². The minimum Gasteiger partial charge on any atom is -0.321 e. The van der Waals surface area contributed by atoms with Crippen molar-refractivity contribution in [3.8, 4) is 0 Å². The molecule has 0 spiro atoms. The van der Waals surface area contributed by atoms with Crippen LogP contribution in [0.4, 0.5) is 0 Å². The van der Waals surface area contributed by atoms with E-state index < -0.39 is 0 Å². The summed E-state index contributed by atoms with van der Waals surface area (Å²) in [6, 6.07) is 0. The largest absolute Gasteiger partial charge is 0.321 e. The summed E-state index contributed by atoms with van der Waals surface area (Å²) in [5.41, 5.74) is 8.92.